The molecule has 2 N–H and O–H groups in total. The van der Waals surface area contributed by atoms with Crippen molar-refractivity contribution in [2.45, 2.75) is 37.5 Å². The van der Waals surface area contributed by atoms with Crippen LogP contribution in [0.15, 0.2) is 0 Å². The second-order valence-electron chi connectivity index (χ2n) is 3.22. The second kappa shape index (κ2) is 1.80. The third-order valence-corrected chi connectivity index (χ3v) is 2.43. The van der Waals surface area contributed by atoms with Gasteiger partial charge >= 0.3 is 0 Å². The summed E-state index contributed by atoms with van der Waals surface area (Å²) in [5.41, 5.74) is -1.14. The molecule has 2 saturated heterocycles. The Morgan fingerprint density at radius 1 is 1.70 bits per heavy atom. The number of hydrogen-bond donors (Lipinski definition) is 2. The van der Waals surface area contributed by atoms with Gasteiger partial charge in [0.15, 0.2) is 11.5 Å². The maximum atomic E-state index is 11.1. The van der Waals surface area contributed by atoms with Crippen LogP contribution >= 0.6 is 0 Å². The highest BCUT2D eigenvalue weighted by molar-refractivity contribution is 5.89. The van der Waals surface area contributed by atoms with Crippen LogP contribution in [-0.2, 0) is 4.79 Å². The van der Waals surface area contributed by atoms with E-state index < -0.39 is 5.72 Å². The van der Waals surface area contributed by atoms with E-state index in [-0.39, 0.29) is 11.8 Å². The first-order valence-corrected chi connectivity index (χ1v) is 3.74. The fourth-order valence-electron chi connectivity index (χ4n) is 1.85. The van der Waals surface area contributed by atoms with E-state index >= 15 is 0 Å². The number of fused-ring (bicyclic) bond motifs is 2. The number of aliphatic hydroxyl groups is 1. The molecule has 2 heterocycles. The van der Waals surface area contributed by atoms with E-state index in [0.717, 1.165) is 12.8 Å². The van der Waals surface area contributed by atoms with Crippen molar-refractivity contribution in [3.05, 3.63) is 0 Å². The van der Waals surface area contributed by atoms with Crippen LogP contribution in [-0.4, -0.2) is 22.7 Å². The Morgan fingerprint density at radius 2 is 2.50 bits per heavy atom. The van der Waals surface area contributed by atoms with Crippen LogP contribution in [0.25, 0.3) is 0 Å². The summed E-state index contributed by atoms with van der Waals surface area (Å²) >= 11 is 0. The Kier molecular flexibility index (Phi) is 1.13. The molecule has 2 atom stereocenters. The molecule has 10 heavy (non-hydrogen) atoms. The van der Waals surface area contributed by atoms with Crippen molar-refractivity contribution in [1.82, 2.24) is 5.32 Å². The Balaban J connectivity index is 2.26. The smallest absolute Gasteiger partial charge is 0.180 e. The topological polar surface area (TPSA) is 49.3 Å². The molecular weight excluding hydrogens is 130 g/mol. The highest BCUT2D eigenvalue weighted by Gasteiger charge is 2.46. The predicted molar refractivity (Wildman–Crippen MR) is 35.3 cm³/mol. The lowest BCUT2D eigenvalue weighted by Crippen LogP contribution is -2.49. The molecule has 2 aliphatic rings. The minimum Gasteiger partial charge on any atom is -0.369 e. The SMILES string of the molecule is O=C1CC2CCCC1(O)N2. The van der Waals surface area contributed by atoms with Crippen molar-refractivity contribution in [3.8, 4) is 0 Å². The van der Waals surface area contributed by atoms with Crippen LogP contribution in [0.4, 0.5) is 0 Å². The molecular formula is C7H11NO2. The normalized spacial score (nSPS) is 46.1. The first-order valence-electron chi connectivity index (χ1n) is 3.74. The molecule has 2 aliphatic heterocycles. The number of carbonyl (C=O) groups excluding carboxylic acids is 1. The van der Waals surface area contributed by atoms with Crippen LogP contribution in [0.2, 0.25) is 0 Å². The van der Waals surface area contributed by atoms with Crippen molar-refractivity contribution in [1.29, 1.82) is 0 Å². The average molecular weight is 141 g/mol. The molecule has 2 fully saturated rings. The number of piperidine rings is 1. The quantitative estimate of drug-likeness (QED) is 0.490. The van der Waals surface area contributed by atoms with Gasteiger partial charge in [-0.2, -0.15) is 0 Å². The molecule has 0 amide bonds. The fourth-order valence-corrected chi connectivity index (χ4v) is 1.85. The first-order chi connectivity index (χ1) is 4.71. The van der Waals surface area contributed by atoms with Crippen LogP contribution in [0, 0.1) is 0 Å². The van der Waals surface area contributed by atoms with E-state index in [4.69, 9.17) is 0 Å². The van der Waals surface area contributed by atoms with Gasteiger partial charge in [-0.05, 0) is 19.3 Å². The Labute approximate surface area is 59.4 Å². The van der Waals surface area contributed by atoms with Gasteiger partial charge in [-0.25, -0.2) is 0 Å². The fraction of sp³-hybridized carbons (Fsp3) is 0.857. The summed E-state index contributed by atoms with van der Waals surface area (Å²) in [5.74, 6) is -0.0185. The van der Waals surface area contributed by atoms with Gasteiger partial charge in [0.1, 0.15) is 0 Å². The summed E-state index contributed by atoms with van der Waals surface area (Å²) in [4.78, 5) is 11.1. The summed E-state index contributed by atoms with van der Waals surface area (Å²) in [6.45, 7) is 0. The third kappa shape index (κ3) is 0.707. The lowest BCUT2D eigenvalue weighted by Gasteiger charge is -2.27. The number of nitrogens with one attached hydrogen (secondary N) is 1. The first kappa shape index (κ1) is 6.31. The maximum absolute atomic E-state index is 11.1. The Morgan fingerprint density at radius 3 is 3.10 bits per heavy atom. The molecule has 0 spiro atoms. The van der Waals surface area contributed by atoms with E-state index in [1.165, 1.54) is 0 Å². The van der Waals surface area contributed by atoms with Gasteiger partial charge in [0, 0.05) is 12.5 Å². The van der Waals surface area contributed by atoms with Gasteiger partial charge in [0.25, 0.3) is 0 Å². The number of carbonyl (C=O) groups is 1. The molecule has 0 aromatic heterocycles. The van der Waals surface area contributed by atoms with E-state index in [1.54, 1.807) is 0 Å². The minimum absolute atomic E-state index is 0.0185. The van der Waals surface area contributed by atoms with Gasteiger partial charge in [0.2, 0.25) is 0 Å². The molecule has 0 radical (unpaired) electrons. The van der Waals surface area contributed by atoms with Crippen molar-refractivity contribution in [2.75, 3.05) is 0 Å². The van der Waals surface area contributed by atoms with Crippen molar-refractivity contribution >= 4 is 5.78 Å². The molecule has 3 heteroatoms. The molecule has 0 aromatic carbocycles. The van der Waals surface area contributed by atoms with Gasteiger partial charge in [-0.1, -0.05) is 0 Å². The molecule has 0 aromatic rings. The number of Topliss-reactive ketones (excluding diaryl/α,β-unsaturated/α-hetero) is 1. The van der Waals surface area contributed by atoms with E-state index in [2.05, 4.69) is 5.32 Å². The van der Waals surface area contributed by atoms with Crippen LogP contribution in [0.5, 0.6) is 0 Å². The summed E-state index contributed by atoms with van der Waals surface area (Å²) in [7, 11) is 0. The van der Waals surface area contributed by atoms with E-state index in [0.29, 0.717) is 12.8 Å². The largest absolute Gasteiger partial charge is 0.369 e. The molecule has 56 valence electrons. The van der Waals surface area contributed by atoms with E-state index in [9.17, 15) is 9.90 Å². The zero-order valence-corrected chi connectivity index (χ0v) is 5.76. The molecule has 2 rings (SSSR count). The van der Waals surface area contributed by atoms with Crippen molar-refractivity contribution in [3.63, 3.8) is 0 Å². The van der Waals surface area contributed by atoms with Crippen LogP contribution < -0.4 is 5.32 Å². The van der Waals surface area contributed by atoms with Gasteiger partial charge in [-0.15, -0.1) is 0 Å². The number of ketones is 1. The average Bonchev–Trinajstić information content (AvgIpc) is 2.04. The molecule has 2 unspecified atom stereocenters. The lowest BCUT2D eigenvalue weighted by molar-refractivity contribution is -0.136. The maximum Gasteiger partial charge on any atom is 0.180 e. The van der Waals surface area contributed by atoms with Crippen LogP contribution in [0.3, 0.4) is 0 Å². The standard InChI is InChI=1S/C7H11NO2/c9-6-4-5-2-1-3-7(6,10)8-5/h5,8,10H,1-4H2. The van der Waals surface area contributed by atoms with Gasteiger partial charge in [0.05, 0.1) is 0 Å². The van der Waals surface area contributed by atoms with E-state index in [1.807, 2.05) is 0 Å². The lowest BCUT2D eigenvalue weighted by atomic mass is 10.0. The zero-order valence-electron chi connectivity index (χ0n) is 5.76. The zero-order chi connectivity index (χ0) is 7.19. The van der Waals surface area contributed by atoms with Crippen molar-refractivity contribution < 1.29 is 9.90 Å². The van der Waals surface area contributed by atoms with Gasteiger partial charge < -0.3 is 5.11 Å². The highest BCUT2D eigenvalue weighted by atomic mass is 16.3. The summed E-state index contributed by atoms with van der Waals surface area (Å²) in [6.07, 6.45) is 3.13. The Hall–Kier alpha value is -0.410. The van der Waals surface area contributed by atoms with Gasteiger partial charge in [-0.3, -0.25) is 10.1 Å². The second-order valence-corrected chi connectivity index (χ2v) is 3.22. The molecule has 2 bridgehead atoms. The highest BCUT2D eigenvalue weighted by Crippen LogP contribution is 2.30. The summed E-state index contributed by atoms with van der Waals surface area (Å²) < 4.78 is 0. The minimum atomic E-state index is -1.14. The summed E-state index contributed by atoms with van der Waals surface area (Å²) in [6, 6.07) is 0.256. The van der Waals surface area contributed by atoms with Crippen molar-refractivity contribution in [2.24, 2.45) is 0 Å². The Bertz CT molecular complexity index is 180. The summed E-state index contributed by atoms with van der Waals surface area (Å²) in [5, 5.41) is 12.5. The number of hydrogen-bond acceptors (Lipinski definition) is 3. The third-order valence-electron chi connectivity index (χ3n) is 2.43. The monoisotopic (exact) mass is 141 g/mol. The molecule has 0 saturated carbocycles. The van der Waals surface area contributed by atoms with Crippen LogP contribution in [0.1, 0.15) is 25.7 Å². The number of rotatable bonds is 0. The molecule has 3 nitrogen and oxygen atoms in total. The predicted octanol–water partition coefficient (Wildman–Crippen LogP) is -0.210. The molecule has 0 aliphatic carbocycles.